The zero-order chi connectivity index (χ0) is 17.3. The number of hydrogen-bond donors (Lipinski definition) is 3. The maximum Gasteiger partial charge on any atom is 0.149 e. The highest BCUT2D eigenvalue weighted by atomic mass is 16.5. The van der Waals surface area contributed by atoms with Crippen molar-refractivity contribution in [1.82, 2.24) is 9.55 Å². The molecule has 0 saturated heterocycles. The zero-order valence-electron chi connectivity index (χ0n) is 14.0. The van der Waals surface area contributed by atoms with Crippen LogP contribution in [-0.4, -0.2) is 28.2 Å². The lowest BCUT2D eigenvalue weighted by atomic mass is 9.96. The van der Waals surface area contributed by atoms with Gasteiger partial charge in [-0.2, -0.15) is 0 Å². The third-order valence-electron chi connectivity index (χ3n) is 3.58. The fourth-order valence-corrected chi connectivity index (χ4v) is 2.73. The molecule has 0 radical (unpaired) electrons. The third kappa shape index (κ3) is 2.92. The summed E-state index contributed by atoms with van der Waals surface area (Å²) in [4.78, 5) is 4.31. The Morgan fingerprint density at radius 2 is 1.78 bits per heavy atom. The van der Waals surface area contributed by atoms with E-state index in [1.54, 1.807) is 27.0 Å². The summed E-state index contributed by atoms with van der Waals surface area (Å²) in [5.74, 6) is 0.838. The van der Waals surface area contributed by atoms with Crippen LogP contribution >= 0.6 is 0 Å². The molecule has 1 aromatic heterocycles. The van der Waals surface area contributed by atoms with Crippen molar-refractivity contribution in [3.8, 4) is 5.75 Å². The van der Waals surface area contributed by atoms with Gasteiger partial charge in [0.1, 0.15) is 17.1 Å². The van der Waals surface area contributed by atoms with Gasteiger partial charge in [0, 0.05) is 22.9 Å². The SMILES string of the molecule is COc1cc2c(cc1C(C(C)=N)=C(C)C)ncc(=N)n2C(C)=N. The van der Waals surface area contributed by atoms with Crippen LogP contribution in [0.1, 0.15) is 33.3 Å². The van der Waals surface area contributed by atoms with Crippen molar-refractivity contribution in [2.45, 2.75) is 27.7 Å². The van der Waals surface area contributed by atoms with Gasteiger partial charge in [-0.25, -0.2) is 0 Å². The van der Waals surface area contributed by atoms with Crippen LogP contribution in [0.25, 0.3) is 16.6 Å². The average Bonchev–Trinajstić information content (AvgIpc) is 2.45. The number of rotatable bonds is 3. The van der Waals surface area contributed by atoms with E-state index >= 15 is 0 Å². The van der Waals surface area contributed by atoms with E-state index in [-0.39, 0.29) is 11.3 Å². The molecule has 0 saturated carbocycles. The summed E-state index contributed by atoms with van der Waals surface area (Å²) >= 11 is 0. The van der Waals surface area contributed by atoms with Crippen LogP contribution in [0.5, 0.6) is 5.75 Å². The van der Waals surface area contributed by atoms with Gasteiger partial charge in [-0.3, -0.25) is 20.4 Å². The van der Waals surface area contributed by atoms with E-state index in [9.17, 15) is 0 Å². The Labute approximate surface area is 135 Å². The summed E-state index contributed by atoms with van der Waals surface area (Å²) in [6, 6.07) is 3.63. The van der Waals surface area contributed by atoms with Crippen LogP contribution in [-0.2, 0) is 0 Å². The first-order valence-corrected chi connectivity index (χ1v) is 7.21. The van der Waals surface area contributed by atoms with Gasteiger partial charge in [-0.15, -0.1) is 0 Å². The van der Waals surface area contributed by atoms with E-state index in [2.05, 4.69) is 4.98 Å². The Hall–Kier alpha value is -2.76. The Bertz CT molecular complexity index is 901. The van der Waals surface area contributed by atoms with Crippen LogP contribution in [0.4, 0.5) is 0 Å². The van der Waals surface area contributed by atoms with Gasteiger partial charge < -0.3 is 10.1 Å². The smallest absolute Gasteiger partial charge is 0.149 e. The van der Waals surface area contributed by atoms with E-state index in [0.717, 1.165) is 16.7 Å². The standard InChI is InChI=1S/C17H21N5O/c1-9(2)17(10(3)18)12-6-13-14(7-15(12)23-5)22(11(4)19)16(20)8-21-13/h6-8,18-20H,1-5H3. The number of allylic oxidation sites excluding steroid dienone is 2. The average molecular weight is 311 g/mol. The summed E-state index contributed by atoms with van der Waals surface area (Å²) in [5, 5.41) is 23.9. The maximum absolute atomic E-state index is 8.04. The Morgan fingerprint density at radius 3 is 2.26 bits per heavy atom. The molecule has 0 unspecified atom stereocenters. The van der Waals surface area contributed by atoms with E-state index in [1.165, 1.54) is 10.8 Å². The van der Waals surface area contributed by atoms with E-state index < -0.39 is 0 Å². The number of nitrogens with one attached hydrogen (secondary N) is 3. The van der Waals surface area contributed by atoms with Crippen LogP contribution in [0.3, 0.4) is 0 Å². The van der Waals surface area contributed by atoms with Gasteiger partial charge in [0.2, 0.25) is 0 Å². The van der Waals surface area contributed by atoms with Crippen molar-refractivity contribution >= 4 is 28.2 Å². The topological polar surface area (TPSA) is 98.6 Å². The molecule has 6 heteroatoms. The molecule has 0 aliphatic heterocycles. The predicted molar refractivity (Wildman–Crippen MR) is 92.6 cm³/mol. The molecule has 1 aromatic carbocycles. The molecule has 120 valence electrons. The maximum atomic E-state index is 8.04. The van der Waals surface area contributed by atoms with Crippen molar-refractivity contribution in [3.63, 3.8) is 0 Å². The Morgan fingerprint density at radius 1 is 1.13 bits per heavy atom. The van der Waals surface area contributed by atoms with Gasteiger partial charge >= 0.3 is 0 Å². The summed E-state index contributed by atoms with van der Waals surface area (Å²) in [5.41, 5.74) is 4.53. The molecule has 0 aliphatic carbocycles. The normalized spacial score (nSPS) is 10.5. The van der Waals surface area contributed by atoms with E-state index in [1.807, 2.05) is 19.9 Å². The van der Waals surface area contributed by atoms with Crippen LogP contribution < -0.4 is 10.2 Å². The minimum Gasteiger partial charge on any atom is -0.496 e. The number of fused-ring (bicyclic) bond motifs is 1. The molecule has 0 spiro atoms. The molecule has 6 nitrogen and oxygen atoms in total. The minimum absolute atomic E-state index is 0.144. The fourth-order valence-electron chi connectivity index (χ4n) is 2.73. The van der Waals surface area contributed by atoms with E-state index in [4.69, 9.17) is 21.0 Å². The minimum atomic E-state index is 0.144. The monoisotopic (exact) mass is 311 g/mol. The summed E-state index contributed by atoms with van der Waals surface area (Å²) in [6.45, 7) is 7.29. The predicted octanol–water partition coefficient (Wildman–Crippen LogP) is 3.20. The molecule has 23 heavy (non-hydrogen) atoms. The quantitative estimate of drug-likeness (QED) is 0.599. The molecule has 0 fully saturated rings. The molecule has 0 atom stereocenters. The van der Waals surface area contributed by atoms with Gasteiger partial charge in [-0.05, 0) is 33.8 Å². The molecule has 0 bridgehead atoms. The molecule has 2 aromatic rings. The van der Waals surface area contributed by atoms with Gasteiger partial charge in [0.05, 0.1) is 24.3 Å². The summed E-state index contributed by atoms with van der Waals surface area (Å²) < 4.78 is 7.01. The van der Waals surface area contributed by atoms with E-state index in [0.29, 0.717) is 22.5 Å². The third-order valence-corrected chi connectivity index (χ3v) is 3.58. The fraction of sp³-hybridized carbons (Fsp3) is 0.294. The van der Waals surface area contributed by atoms with Crippen molar-refractivity contribution in [1.29, 1.82) is 16.2 Å². The highest BCUT2D eigenvalue weighted by Gasteiger charge is 2.16. The first-order valence-electron chi connectivity index (χ1n) is 7.21. The Balaban J connectivity index is 2.94. The number of aromatic nitrogens is 2. The van der Waals surface area contributed by atoms with Crippen molar-refractivity contribution in [2.75, 3.05) is 7.11 Å². The lowest BCUT2D eigenvalue weighted by molar-refractivity contribution is 0.414. The van der Waals surface area contributed by atoms with Crippen molar-refractivity contribution in [2.24, 2.45) is 0 Å². The first kappa shape index (κ1) is 16.6. The molecular weight excluding hydrogens is 290 g/mol. The second-order valence-corrected chi connectivity index (χ2v) is 5.61. The van der Waals surface area contributed by atoms with Gasteiger partial charge in [-0.1, -0.05) is 5.57 Å². The highest BCUT2D eigenvalue weighted by molar-refractivity contribution is 6.23. The second-order valence-electron chi connectivity index (χ2n) is 5.61. The van der Waals surface area contributed by atoms with Crippen LogP contribution in [0.15, 0.2) is 23.9 Å². The van der Waals surface area contributed by atoms with Gasteiger partial charge in [0.25, 0.3) is 0 Å². The largest absolute Gasteiger partial charge is 0.496 e. The molecule has 1 heterocycles. The Kier molecular flexibility index (Phi) is 4.45. The van der Waals surface area contributed by atoms with Gasteiger partial charge in [0.15, 0.2) is 0 Å². The number of hydrogen-bond acceptors (Lipinski definition) is 5. The van der Waals surface area contributed by atoms with Crippen molar-refractivity contribution in [3.05, 3.63) is 35.0 Å². The molecular formula is C17H21N5O. The molecule has 3 N–H and O–H groups in total. The zero-order valence-corrected chi connectivity index (χ0v) is 14.0. The second kappa shape index (κ2) is 6.16. The lowest BCUT2D eigenvalue weighted by Gasteiger charge is -2.16. The van der Waals surface area contributed by atoms with Crippen molar-refractivity contribution < 1.29 is 4.74 Å². The molecule has 0 aliphatic rings. The number of nitrogens with zero attached hydrogens (tertiary/aromatic N) is 2. The van der Waals surface area contributed by atoms with Crippen LogP contribution in [0, 0.1) is 16.2 Å². The number of methoxy groups -OCH3 is 1. The lowest BCUT2D eigenvalue weighted by Crippen LogP contribution is -2.25. The molecule has 0 amide bonds. The first-order chi connectivity index (χ1) is 10.8. The highest BCUT2D eigenvalue weighted by Crippen LogP contribution is 2.32. The number of ether oxygens (including phenoxy) is 1. The molecule has 2 rings (SSSR count). The summed E-state index contributed by atoms with van der Waals surface area (Å²) in [6.07, 6.45) is 1.43. The number of benzene rings is 1. The van der Waals surface area contributed by atoms with Crippen LogP contribution in [0.2, 0.25) is 0 Å². The summed E-state index contributed by atoms with van der Waals surface area (Å²) in [7, 11) is 1.58.